The Morgan fingerprint density at radius 3 is 2.26 bits per heavy atom. The molecule has 21 heteroatoms. The van der Waals surface area contributed by atoms with Crippen LogP contribution in [0.1, 0.15) is 49.6 Å². The Hall–Kier alpha value is -6.61. The van der Waals surface area contributed by atoms with Crippen molar-refractivity contribution in [3.05, 3.63) is 53.2 Å². The smallest absolute Gasteiger partial charge is 0.326 e. The number of nitrogens with zero attached hydrogens (tertiary/aromatic N) is 2. The molecule has 2 heterocycles. The van der Waals surface area contributed by atoms with E-state index >= 15 is 0 Å². The number of phenols is 1. The minimum Gasteiger partial charge on any atom is -0.502 e. The maximum Gasteiger partial charge on any atom is 0.326 e. The second-order valence-electron chi connectivity index (χ2n) is 13.8. The van der Waals surface area contributed by atoms with E-state index < -0.39 is 85.3 Å². The number of aliphatic imine (C=N–C) groups is 1. The number of carboxylic acids is 2. The molecule has 4 atom stereocenters. The van der Waals surface area contributed by atoms with Crippen LogP contribution in [0.5, 0.6) is 17.2 Å². The average molecular weight is 811 g/mol. The first kappa shape index (κ1) is 44.1. The van der Waals surface area contributed by atoms with E-state index in [4.69, 9.17) is 20.9 Å². The van der Waals surface area contributed by atoms with Crippen LogP contribution in [0.4, 0.5) is 0 Å². The van der Waals surface area contributed by atoms with Crippen LogP contribution >= 0.6 is 0 Å². The highest BCUT2D eigenvalue weighted by molar-refractivity contribution is 5.93. The van der Waals surface area contributed by atoms with E-state index in [-0.39, 0.29) is 49.0 Å². The number of aromatic hydroxyl groups is 1. The Morgan fingerprint density at radius 2 is 1.66 bits per heavy atom. The number of nitrogens with one attached hydrogen (secondary N) is 6. The first-order valence-corrected chi connectivity index (χ1v) is 18.2. The van der Waals surface area contributed by atoms with Crippen LogP contribution < -0.4 is 47.6 Å². The number of para-hydroxylation sites is 1. The topological polar surface area (TPSA) is 325 Å². The molecule has 1 aliphatic heterocycles. The zero-order valence-electron chi connectivity index (χ0n) is 32.5. The number of fused-ring (bicyclic) bond motifs is 3. The van der Waals surface area contributed by atoms with Gasteiger partial charge in [0.2, 0.25) is 23.5 Å². The molecule has 0 aliphatic carbocycles. The molecular weight excluding hydrogens is 760 g/mol. The van der Waals surface area contributed by atoms with E-state index in [1.54, 1.807) is 26.0 Å². The number of aliphatic carboxylic acids is 2. The number of hydrogen-bond donors (Lipinski definition) is 11. The van der Waals surface area contributed by atoms with E-state index in [9.17, 15) is 44.1 Å². The van der Waals surface area contributed by atoms with Crippen LogP contribution in [0.2, 0.25) is 0 Å². The molecule has 0 fully saturated rings. The lowest BCUT2D eigenvalue weighted by Crippen LogP contribution is -2.57. The molecule has 4 rings (SSSR count). The average Bonchev–Trinajstić information content (AvgIpc) is 3.55. The monoisotopic (exact) mass is 810 g/mol. The first-order valence-electron chi connectivity index (χ1n) is 18.2. The van der Waals surface area contributed by atoms with Crippen LogP contribution in [0.15, 0.2) is 41.4 Å². The van der Waals surface area contributed by atoms with Gasteiger partial charge < -0.3 is 57.2 Å². The van der Waals surface area contributed by atoms with Crippen molar-refractivity contribution in [3.63, 3.8) is 0 Å². The van der Waals surface area contributed by atoms with E-state index in [1.165, 1.54) is 14.2 Å². The minimum absolute atomic E-state index is 0.0444. The van der Waals surface area contributed by atoms with Gasteiger partial charge in [-0.05, 0) is 54.5 Å². The summed E-state index contributed by atoms with van der Waals surface area (Å²) in [6.45, 7) is 1.05. The molecule has 0 saturated heterocycles. The Balaban J connectivity index is 1.52. The van der Waals surface area contributed by atoms with Gasteiger partial charge in [0.25, 0.3) is 5.91 Å². The van der Waals surface area contributed by atoms with Crippen molar-refractivity contribution in [1.82, 2.24) is 36.7 Å². The summed E-state index contributed by atoms with van der Waals surface area (Å²) in [5.41, 5.74) is 16.2. The van der Waals surface area contributed by atoms with Crippen LogP contribution in [0.3, 0.4) is 0 Å². The van der Waals surface area contributed by atoms with Gasteiger partial charge in [0.05, 0.1) is 39.4 Å². The van der Waals surface area contributed by atoms with Gasteiger partial charge in [0.1, 0.15) is 18.6 Å². The standard InChI is InChI=1S/C37H50N10O11/c1-18(2)30(36(55)56)45-28(49)16-47(17-29(50)51)46-27(48)15-41-34(53)23(10-7-11-40-37(38)39)44-35(54)24-14-21-20-8-5-6-9-22(20)42-32(21)31(43-24)19-12-25(57-3)33(52)26(13-19)58-4/h5-6,8-9,12-13,18,23-24,30-31,42-43,52H,7,10-11,14-17H2,1-4H3,(H,41,53)(H,44,54)(H,45,49)(H,46,48)(H,50,51)(H,55,56)(H4,38,39,40)/t23-,24-,30-,31?/m0/s1. The predicted octanol–water partition coefficient (Wildman–Crippen LogP) is -1.21. The van der Waals surface area contributed by atoms with Crippen molar-refractivity contribution in [2.24, 2.45) is 22.4 Å². The third-order valence-electron chi connectivity index (χ3n) is 9.26. The number of H-pyrrole nitrogens is 1. The molecule has 58 heavy (non-hydrogen) atoms. The number of carboxylic acid groups (broad SMARTS) is 2. The summed E-state index contributed by atoms with van der Waals surface area (Å²) in [5, 5.41) is 41.8. The van der Waals surface area contributed by atoms with Crippen LogP contribution in [-0.2, 0) is 35.2 Å². The van der Waals surface area contributed by atoms with Gasteiger partial charge in [-0.25, -0.2) is 9.80 Å². The van der Waals surface area contributed by atoms with Crippen molar-refractivity contribution in [1.29, 1.82) is 0 Å². The molecule has 3 aromatic rings. The first-order chi connectivity index (χ1) is 27.5. The number of rotatable bonds is 20. The number of methoxy groups -OCH3 is 2. The van der Waals surface area contributed by atoms with Gasteiger partial charge in [-0.1, -0.05) is 32.0 Å². The number of carbonyl (C=O) groups is 6. The molecule has 0 saturated carbocycles. The number of aromatic nitrogens is 1. The number of amides is 4. The summed E-state index contributed by atoms with van der Waals surface area (Å²) < 4.78 is 10.8. The second-order valence-corrected chi connectivity index (χ2v) is 13.8. The molecule has 314 valence electrons. The zero-order chi connectivity index (χ0) is 42.7. The highest BCUT2D eigenvalue weighted by Crippen LogP contribution is 2.42. The molecular formula is C37H50N10O11. The summed E-state index contributed by atoms with van der Waals surface area (Å²) in [6, 6.07) is 6.84. The SMILES string of the molecule is COc1cc(C2N[C@H](C(=O)N[C@@H](CCCN=C(N)N)C(=O)NCC(=O)NN(CC(=O)O)CC(=O)N[C@H](C(=O)O)C(C)C)Cc3c2[nH]c2ccccc32)cc(OC)c1O. The molecule has 13 N–H and O–H groups in total. The van der Waals surface area contributed by atoms with Crippen molar-refractivity contribution in [2.75, 3.05) is 40.4 Å². The number of guanidine groups is 1. The molecule has 2 aromatic carbocycles. The second kappa shape index (κ2) is 20.0. The summed E-state index contributed by atoms with van der Waals surface area (Å²) in [6.07, 6.45) is 0.511. The van der Waals surface area contributed by atoms with Gasteiger partial charge in [-0.2, -0.15) is 0 Å². The molecule has 21 nitrogen and oxygen atoms in total. The minimum atomic E-state index is -1.40. The van der Waals surface area contributed by atoms with E-state index in [0.717, 1.165) is 27.2 Å². The molecule has 0 radical (unpaired) electrons. The van der Waals surface area contributed by atoms with E-state index in [1.807, 2.05) is 24.3 Å². The van der Waals surface area contributed by atoms with Gasteiger partial charge in [-0.15, -0.1) is 0 Å². The van der Waals surface area contributed by atoms with Crippen molar-refractivity contribution in [2.45, 2.75) is 57.3 Å². The maximum absolute atomic E-state index is 14.1. The normalized spacial score (nSPS) is 15.8. The summed E-state index contributed by atoms with van der Waals surface area (Å²) in [5.74, 6) is -6.33. The fourth-order valence-electron chi connectivity index (χ4n) is 6.50. The number of ether oxygens (including phenoxy) is 2. The lowest BCUT2D eigenvalue weighted by molar-refractivity contribution is -0.145. The highest BCUT2D eigenvalue weighted by Gasteiger charge is 2.36. The van der Waals surface area contributed by atoms with Crippen LogP contribution in [0, 0.1) is 5.92 Å². The third kappa shape index (κ3) is 11.5. The maximum atomic E-state index is 14.1. The summed E-state index contributed by atoms with van der Waals surface area (Å²) in [4.78, 5) is 83.5. The number of aromatic amines is 1. The Morgan fingerprint density at radius 1 is 0.983 bits per heavy atom. The van der Waals surface area contributed by atoms with Crippen molar-refractivity contribution >= 4 is 52.4 Å². The Bertz CT molecular complexity index is 2010. The molecule has 1 aliphatic rings. The third-order valence-corrected chi connectivity index (χ3v) is 9.26. The van der Waals surface area contributed by atoms with E-state index in [0.29, 0.717) is 5.56 Å². The van der Waals surface area contributed by atoms with Gasteiger partial charge in [0, 0.05) is 23.1 Å². The molecule has 0 bridgehead atoms. The number of nitrogens with two attached hydrogens (primary N) is 2. The van der Waals surface area contributed by atoms with E-state index in [2.05, 4.69) is 36.7 Å². The van der Waals surface area contributed by atoms with Gasteiger partial charge in [0.15, 0.2) is 17.5 Å². The molecule has 1 unspecified atom stereocenters. The molecule has 4 amide bonds. The zero-order valence-corrected chi connectivity index (χ0v) is 32.5. The predicted molar refractivity (Wildman–Crippen MR) is 209 cm³/mol. The fraction of sp³-hybridized carbons (Fsp3) is 0.432. The lowest BCUT2D eigenvalue weighted by atomic mass is 9.89. The largest absolute Gasteiger partial charge is 0.502 e. The highest BCUT2D eigenvalue weighted by atomic mass is 16.5. The van der Waals surface area contributed by atoms with Crippen LogP contribution in [-0.4, -0.2) is 125 Å². The molecule has 1 aromatic heterocycles. The van der Waals surface area contributed by atoms with Crippen molar-refractivity contribution < 1.29 is 53.6 Å². The van der Waals surface area contributed by atoms with Gasteiger partial charge >= 0.3 is 11.9 Å². The number of hydrazine groups is 1. The van der Waals surface area contributed by atoms with Crippen molar-refractivity contribution in [3.8, 4) is 17.2 Å². The van der Waals surface area contributed by atoms with Gasteiger partial charge in [-0.3, -0.25) is 39.7 Å². The Labute approximate surface area is 332 Å². The number of benzene rings is 2. The Kier molecular flexibility index (Phi) is 15.2. The number of phenolic OH excluding ortho intramolecular Hbond substituents is 1. The lowest BCUT2D eigenvalue weighted by Gasteiger charge is -2.32. The fourth-order valence-corrected chi connectivity index (χ4v) is 6.50. The summed E-state index contributed by atoms with van der Waals surface area (Å²) in [7, 11) is 2.80. The van der Waals surface area contributed by atoms with Crippen LogP contribution in [0.25, 0.3) is 10.9 Å². The molecule has 0 spiro atoms. The number of carbonyl (C=O) groups excluding carboxylic acids is 4. The number of hydrogen-bond acceptors (Lipinski definition) is 12. The quantitative estimate of drug-likeness (QED) is 0.0276. The summed E-state index contributed by atoms with van der Waals surface area (Å²) >= 11 is 0.